The van der Waals surface area contributed by atoms with Gasteiger partial charge < -0.3 is 20.1 Å². The molecule has 1 saturated heterocycles. The maximum absolute atomic E-state index is 13.1. The number of aliphatic carboxylic acids is 1. The minimum absolute atomic E-state index is 0.0753. The zero-order valence-corrected chi connectivity index (χ0v) is 11.1. The van der Waals surface area contributed by atoms with Crippen molar-refractivity contribution in [3.8, 4) is 0 Å². The highest BCUT2D eigenvalue weighted by Gasteiger charge is 2.29. The summed E-state index contributed by atoms with van der Waals surface area (Å²) in [5.41, 5.74) is 0.134. The number of hydrogen-bond acceptors (Lipinski definition) is 3. The summed E-state index contributed by atoms with van der Waals surface area (Å²) in [5.74, 6) is -1.67. The molecule has 1 aliphatic rings. The van der Waals surface area contributed by atoms with Crippen LogP contribution in [0.4, 0.5) is 14.9 Å². The molecule has 0 spiro atoms. The van der Waals surface area contributed by atoms with Crippen molar-refractivity contribution >= 4 is 29.3 Å². The van der Waals surface area contributed by atoms with Gasteiger partial charge >= 0.3 is 12.0 Å². The van der Waals surface area contributed by atoms with E-state index in [9.17, 15) is 14.0 Å². The topological polar surface area (TPSA) is 78.9 Å². The Morgan fingerprint density at radius 2 is 2.25 bits per heavy atom. The van der Waals surface area contributed by atoms with Gasteiger partial charge in [-0.2, -0.15) is 0 Å². The number of amides is 2. The van der Waals surface area contributed by atoms with Crippen LogP contribution in [-0.2, 0) is 9.53 Å². The summed E-state index contributed by atoms with van der Waals surface area (Å²) in [5, 5.41) is 11.5. The van der Waals surface area contributed by atoms with Gasteiger partial charge in [0.05, 0.1) is 23.9 Å². The zero-order valence-electron chi connectivity index (χ0n) is 10.3. The Balaban J connectivity index is 2.04. The largest absolute Gasteiger partial charge is 0.479 e. The number of hydrogen-bond donors (Lipinski definition) is 2. The molecule has 2 N–H and O–H groups in total. The van der Waals surface area contributed by atoms with Gasteiger partial charge in [-0.3, -0.25) is 0 Å². The van der Waals surface area contributed by atoms with Crippen LogP contribution in [0.3, 0.4) is 0 Å². The number of nitrogens with zero attached hydrogens (tertiary/aromatic N) is 1. The second-order valence-corrected chi connectivity index (χ2v) is 4.61. The van der Waals surface area contributed by atoms with Gasteiger partial charge in [0, 0.05) is 6.54 Å². The van der Waals surface area contributed by atoms with E-state index in [1.165, 1.54) is 17.0 Å². The Kier molecular flexibility index (Phi) is 4.41. The van der Waals surface area contributed by atoms with Crippen LogP contribution in [0.2, 0.25) is 5.02 Å². The molecule has 8 heteroatoms. The number of anilines is 1. The summed E-state index contributed by atoms with van der Waals surface area (Å²) >= 11 is 5.84. The number of morpholine rings is 1. The van der Waals surface area contributed by atoms with E-state index >= 15 is 0 Å². The molecule has 0 bridgehead atoms. The number of carboxylic acid groups (broad SMARTS) is 1. The number of nitrogens with one attached hydrogen (secondary N) is 1. The third kappa shape index (κ3) is 3.37. The van der Waals surface area contributed by atoms with Gasteiger partial charge in [-0.25, -0.2) is 14.0 Å². The normalized spacial score (nSPS) is 18.7. The molecule has 0 radical (unpaired) electrons. The fourth-order valence-electron chi connectivity index (χ4n) is 1.77. The number of halogens is 2. The van der Waals surface area contributed by atoms with Crippen LogP contribution in [0.5, 0.6) is 0 Å². The van der Waals surface area contributed by atoms with Crippen LogP contribution in [0.15, 0.2) is 18.2 Å². The summed E-state index contributed by atoms with van der Waals surface area (Å²) < 4.78 is 18.1. The summed E-state index contributed by atoms with van der Waals surface area (Å²) in [7, 11) is 0. The van der Waals surface area contributed by atoms with Crippen LogP contribution < -0.4 is 5.32 Å². The molecule has 1 unspecified atom stereocenters. The lowest BCUT2D eigenvalue weighted by molar-refractivity contribution is -0.154. The van der Waals surface area contributed by atoms with E-state index in [1.807, 2.05) is 0 Å². The van der Waals surface area contributed by atoms with Crippen LogP contribution >= 0.6 is 11.6 Å². The quantitative estimate of drug-likeness (QED) is 0.873. The Hall–Kier alpha value is -1.86. The van der Waals surface area contributed by atoms with Gasteiger partial charge in [0.25, 0.3) is 0 Å². The molecular formula is C12H12ClFN2O4. The first kappa shape index (κ1) is 14.5. The third-order valence-corrected chi connectivity index (χ3v) is 3.13. The van der Waals surface area contributed by atoms with Gasteiger partial charge in [0.2, 0.25) is 0 Å². The maximum Gasteiger partial charge on any atom is 0.334 e. The molecule has 1 aliphatic heterocycles. The Morgan fingerprint density at radius 1 is 1.50 bits per heavy atom. The highest BCUT2D eigenvalue weighted by molar-refractivity contribution is 6.33. The maximum atomic E-state index is 13.1. The lowest BCUT2D eigenvalue weighted by Gasteiger charge is -2.30. The molecule has 0 saturated carbocycles. The summed E-state index contributed by atoms with van der Waals surface area (Å²) in [4.78, 5) is 24.1. The number of carboxylic acids is 1. The molecule has 0 aliphatic carbocycles. The Bertz CT molecular complexity index is 540. The molecule has 1 fully saturated rings. The zero-order chi connectivity index (χ0) is 14.7. The highest BCUT2D eigenvalue weighted by atomic mass is 35.5. The predicted octanol–water partition coefficient (Wildman–Crippen LogP) is 1.80. The average molecular weight is 303 g/mol. The van der Waals surface area contributed by atoms with E-state index < -0.39 is 23.9 Å². The second kappa shape index (κ2) is 6.06. The molecule has 20 heavy (non-hydrogen) atoms. The van der Waals surface area contributed by atoms with E-state index in [0.29, 0.717) is 0 Å². The molecule has 6 nitrogen and oxygen atoms in total. The minimum Gasteiger partial charge on any atom is -0.479 e. The van der Waals surface area contributed by atoms with E-state index in [1.54, 1.807) is 0 Å². The van der Waals surface area contributed by atoms with Crippen molar-refractivity contribution < 1.29 is 23.8 Å². The van der Waals surface area contributed by atoms with Crippen LogP contribution in [0.25, 0.3) is 0 Å². The summed E-state index contributed by atoms with van der Waals surface area (Å²) in [6.07, 6.45) is -1.06. The molecule has 0 aromatic heterocycles. The van der Waals surface area contributed by atoms with Crippen molar-refractivity contribution in [3.05, 3.63) is 29.0 Å². The number of carbonyl (C=O) groups is 2. The number of urea groups is 1. The smallest absolute Gasteiger partial charge is 0.334 e. The van der Waals surface area contributed by atoms with Crippen LogP contribution in [0, 0.1) is 5.82 Å². The highest BCUT2D eigenvalue weighted by Crippen LogP contribution is 2.23. The summed E-state index contributed by atoms with van der Waals surface area (Å²) in [6.45, 7) is 0.303. The molecular weight excluding hydrogens is 291 g/mol. The lowest BCUT2D eigenvalue weighted by Crippen LogP contribution is -2.49. The first-order chi connectivity index (χ1) is 9.47. The van der Waals surface area contributed by atoms with Gasteiger partial charge in [0.15, 0.2) is 6.10 Å². The number of rotatable bonds is 2. The van der Waals surface area contributed by atoms with Gasteiger partial charge in [-0.15, -0.1) is 0 Å². The van der Waals surface area contributed by atoms with E-state index in [0.717, 1.165) is 6.07 Å². The third-order valence-electron chi connectivity index (χ3n) is 2.80. The molecule has 1 aromatic carbocycles. The van der Waals surface area contributed by atoms with E-state index in [2.05, 4.69) is 5.32 Å². The van der Waals surface area contributed by atoms with Gasteiger partial charge in [-0.1, -0.05) is 11.6 Å². The van der Waals surface area contributed by atoms with Crippen LogP contribution in [-0.4, -0.2) is 47.8 Å². The summed E-state index contributed by atoms with van der Waals surface area (Å²) in [6, 6.07) is 3.04. The number of benzene rings is 1. The standard InChI is InChI=1S/C12H12ClFN2O4/c13-8-2-1-7(14)5-9(8)15-12(19)16-3-4-20-10(6-16)11(17)18/h1-2,5,10H,3-4,6H2,(H,15,19)(H,17,18). The minimum atomic E-state index is -1.13. The lowest BCUT2D eigenvalue weighted by atomic mass is 10.3. The Labute approximate surface area is 119 Å². The van der Waals surface area contributed by atoms with E-state index in [-0.39, 0.29) is 30.4 Å². The molecule has 1 atom stereocenters. The number of ether oxygens (including phenoxy) is 1. The number of carbonyl (C=O) groups excluding carboxylic acids is 1. The molecule has 2 rings (SSSR count). The fraction of sp³-hybridized carbons (Fsp3) is 0.333. The van der Waals surface area contributed by atoms with Crippen molar-refractivity contribution in [2.24, 2.45) is 0 Å². The van der Waals surface area contributed by atoms with Gasteiger partial charge in [0.1, 0.15) is 5.82 Å². The molecule has 1 heterocycles. The molecule has 2 amide bonds. The second-order valence-electron chi connectivity index (χ2n) is 4.20. The fourth-order valence-corrected chi connectivity index (χ4v) is 1.94. The molecule has 108 valence electrons. The average Bonchev–Trinajstić information content (AvgIpc) is 2.43. The van der Waals surface area contributed by atoms with Gasteiger partial charge in [-0.05, 0) is 18.2 Å². The van der Waals surface area contributed by atoms with Crippen LogP contribution in [0.1, 0.15) is 0 Å². The SMILES string of the molecule is O=C(O)C1CN(C(=O)Nc2cc(F)ccc2Cl)CCO1. The first-order valence-electron chi connectivity index (χ1n) is 5.83. The van der Waals surface area contributed by atoms with Crippen molar-refractivity contribution in [3.63, 3.8) is 0 Å². The predicted molar refractivity (Wildman–Crippen MR) is 69.4 cm³/mol. The van der Waals surface area contributed by atoms with Crippen molar-refractivity contribution in [2.45, 2.75) is 6.10 Å². The van der Waals surface area contributed by atoms with Crippen molar-refractivity contribution in [1.82, 2.24) is 4.90 Å². The van der Waals surface area contributed by atoms with Crippen molar-refractivity contribution in [2.75, 3.05) is 25.0 Å². The Morgan fingerprint density at radius 3 is 2.95 bits per heavy atom. The molecule has 1 aromatic rings. The first-order valence-corrected chi connectivity index (χ1v) is 6.20. The monoisotopic (exact) mass is 302 g/mol. The van der Waals surface area contributed by atoms with E-state index in [4.69, 9.17) is 21.4 Å². The van der Waals surface area contributed by atoms with Crippen molar-refractivity contribution in [1.29, 1.82) is 0 Å².